The van der Waals surface area contributed by atoms with Crippen LogP contribution in [-0.2, 0) is 6.42 Å². The van der Waals surface area contributed by atoms with Gasteiger partial charge in [0.1, 0.15) is 12.4 Å². The molecule has 1 aromatic carbocycles. The summed E-state index contributed by atoms with van der Waals surface area (Å²) < 4.78 is 0. The molecule has 84 valence electrons. The predicted octanol–water partition coefficient (Wildman–Crippen LogP) is 2.39. The van der Waals surface area contributed by atoms with Crippen LogP contribution in [0.4, 0.5) is 0 Å². The highest BCUT2D eigenvalue weighted by molar-refractivity contribution is 6.35. The van der Waals surface area contributed by atoms with Crippen molar-refractivity contribution in [1.29, 1.82) is 0 Å². The van der Waals surface area contributed by atoms with Gasteiger partial charge in [0.2, 0.25) is 0 Å². The Morgan fingerprint density at radius 3 is 2.56 bits per heavy atom. The number of aromatic amines is 1. The van der Waals surface area contributed by atoms with Crippen LogP contribution in [-0.4, -0.2) is 20.3 Å². The topological polar surface area (TPSA) is 61.8 Å². The molecule has 2 rings (SSSR count). The molecule has 1 unspecified atom stereocenters. The summed E-state index contributed by atoms with van der Waals surface area (Å²) in [5.41, 5.74) is 0.703. The normalized spacial score (nSPS) is 12.7. The highest BCUT2D eigenvalue weighted by Gasteiger charge is 2.15. The summed E-state index contributed by atoms with van der Waals surface area (Å²) >= 11 is 12.0. The Morgan fingerprint density at radius 1 is 1.31 bits per heavy atom. The van der Waals surface area contributed by atoms with Crippen molar-refractivity contribution in [3.63, 3.8) is 0 Å². The van der Waals surface area contributed by atoms with Gasteiger partial charge in [-0.25, -0.2) is 4.98 Å². The van der Waals surface area contributed by atoms with Crippen LogP contribution in [0, 0.1) is 0 Å². The van der Waals surface area contributed by atoms with Crippen LogP contribution in [0.1, 0.15) is 17.5 Å². The number of hydrogen-bond acceptors (Lipinski definition) is 3. The molecule has 4 nitrogen and oxygen atoms in total. The molecule has 2 aromatic rings. The van der Waals surface area contributed by atoms with Gasteiger partial charge in [-0.3, -0.25) is 5.10 Å². The molecule has 0 spiro atoms. The van der Waals surface area contributed by atoms with E-state index in [1.54, 1.807) is 18.2 Å². The quantitative estimate of drug-likeness (QED) is 0.888. The molecule has 0 aliphatic carbocycles. The van der Waals surface area contributed by atoms with Gasteiger partial charge >= 0.3 is 0 Å². The summed E-state index contributed by atoms with van der Waals surface area (Å²) in [6.45, 7) is 0. The van der Waals surface area contributed by atoms with Gasteiger partial charge in [0, 0.05) is 16.5 Å². The summed E-state index contributed by atoms with van der Waals surface area (Å²) in [7, 11) is 0. The van der Waals surface area contributed by atoms with Crippen LogP contribution >= 0.6 is 23.2 Å². The maximum Gasteiger partial charge on any atom is 0.153 e. The molecule has 0 bridgehead atoms. The minimum Gasteiger partial charge on any atom is -0.385 e. The standard InChI is InChI=1S/C10H9Cl2N3O/c11-7-2-1-3-8(12)6(7)4-9(16)10-13-5-14-15-10/h1-3,5,9,16H,4H2,(H,13,14,15). The fourth-order valence-electron chi connectivity index (χ4n) is 1.39. The SMILES string of the molecule is OC(Cc1c(Cl)cccc1Cl)c1ncn[nH]1. The maximum absolute atomic E-state index is 9.86. The second-order valence-corrected chi connectivity index (χ2v) is 4.11. The van der Waals surface area contributed by atoms with Gasteiger partial charge in [-0.2, -0.15) is 5.10 Å². The Balaban J connectivity index is 2.21. The fourth-order valence-corrected chi connectivity index (χ4v) is 1.94. The second-order valence-electron chi connectivity index (χ2n) is 3.29. The van der Waals surface area contributed by atoms with Gasteiger partial charge in [0.25, 0.3) is 0 Å². The Hall–Kier alpha value is -1.10. The van der Waals surface area contributed by atoms with Gasteiger partial charge in [-0.1, -0.05) is 29.3 Å². The number of nitrogens with one attached hydrogen (secondary N) is 1. The van der Waals surface area contributed by atoms with Gasteiger partial charge in [0.15, 0.2) is 5.82 Å². The lowest BCUT2D eigenvalue weighted by molar-refractivity contribution is 0.169. The summed E-state index contributed by atoms with van der Waals surface area (Å²) in [6, 6.07) is 5.22. The molecule has 16 heavy (non-hydrogen) atoms. The zero-order chi connectivity index (χ0) is 11.5. The van der Waals surface area contributed by atoms with E-state index in [-0.39, 0.29) is 0 Å². The van der Waals surface area contributed by atoms with Crippen molar-refractivity contribution in [3.8, 4) is 0 Å². The number of halogens is 2. The molecule has 0 radical (unpaired) electrons. The van der Waals surface area contributed by atoms with Crippen LogP contribution in [0.3, 0.4) is 0 Å². The number of H-pyrrole nitrogens is 1. The van der Waals surface area contributed by atoms with Crippen molar-refractivity contribution >= 4 is 23.2 Å². The Kier molecular flexibility index (Phi) is 3.43. The lowest BCUT2D eigenvalue weighted by Crippen LogP contribution is -2.05. The number of hydrogen-bond donors (Lipinski definition) is 2. The smallest absolute Gasteiger partial charge is 0.153 e. The van der Waals surface area contributed by atoms with E-state index in [1.165, 1.54) is 6.33 Å². The van der Waals surface area contributed by atoms with E-state index in [2.05, 4.69) is 15.2 Å². The number of benzene rings is 1. The van der Waals surface area contributed by atoms with E-state index in [9.17, 15) is 5.11 Å². The minimum atomic E-state index is -0.792. The van der Waals surface area contributed by atoms with Crippen LogP contribution in [0.2, 0.25) is 10.0 Å². The van der Waals surface area contributed by atoms with E-state index >= 15 is 0 Å². The van der Waals surface area contributed by atoms with Crippen LogP contribution in [0.25, 0.3) is 0 Å². The van der Waals surface area contributed by atoms with Crippen molar-refractivity contribution in [1.82, 2.24) is 15.2 Å². The summed E-state index contributed by atoms with van der Waals surface area (Å²) in [5, 5.41) is 17.2. The van der Waals surface area contributed by atoms with Gasteiger partial charge < -0.3 is 5.11 Å². The molecule has 0 amide bonds. The van der Waals surface area contributed by atoms with E-state index < -0.39 is 6.10 Å². The highest BCUT2D eigenvalue weighted by Crippen LogP contribution is 2.28. The second kappa shape index (κ2) is 4.82. The Morgan fingerprint density at radius 2 is 2.00 bits per heavy atom. The van der Waals surface area contributed by atoms with Crippen LogP contribution in [0.5, 0.6) is 0 Å². The monoisotopic (exact) mass is 257 g/mol. The largest absolute Gasteiger partial charge is 0.385 e. The zero-order valence-corrected chi connectivity index (χ0v) is 9.70. The molecule has 0 fully saturated rings. The lowest BCUT2D eigenvalue weighted by atomic mass is 10.1. The Bertz CT molecular complexity index is 453. The van der Waals surface area contributed by atoms with Gasteiger partial charge in [-0.05, 0) is 17.7 Å². The average molecular weight is 258 g/mol. The van der Waals surface area contributed by atoms with Crippen molar-refractivity contribution in [2.24, 2.45) is 0 Å². The maximum atomic E-state index is 9.86. The molecule has 6 heteroatoms. The first-order valence-corrected chi connectivity index (χ1v) is 5.40. The molecule has 1 heterocycles. The number of aliphatic hydroxyl groups is 1. The molecular weight excluding hydrogens is 249 g/mol. The molecular formula is C10H9Cl2N3O. The van der Waals surface area contributed by atoms with Crippen LogP contribution in [0.15, 0.2) is 24.5 Å². The van der Waals surface area contributed by atoms with Gasteiger partial charge in [0.05, 0.1) is 0 Å². The van der Waals surface area contributed by atoms with E-state index in [0.29, 0.717) is 27.9 Å². The van der Waals surface area contributed by atoms with E-state index in [4.69, 9.17) is 23.2 Å². The van der Waals surface area contributed by atoms with Crippen molar-refractivity contribution in [2.75, 3.05) is 0 Å². The average Bonchev–Trinajstić information content (AvgIpc) is 2.76. The molecule has 0 aliphatic heterocycles. The number of nitrogens with zero attached hydrogens (tertiary/aromatic N) is 2. The molecule has 0 aliphatic rings. The first-order chi connectivity index (χ1) is 7.68. The zero-order valence-electron chi connectivity index (χ0n) is 8.19. The summed E-state index contributed by atoms with van der Waals surface area (Å²) in [4.78, 5) is 3.87. The van der Waals surface area contributed by atoms with Gasteiger partial charge in [-0.15, -0.1) is 0 Å². The van der Waals surface area contributed by atoms with Crippen LogP contribution < -0.4 is 0 Å². The third-order valence-corrected chi connectivity index (χ3v) is 2.92. The van der Waals surface area contributed by atoms with E-state index in [0.717, 1.165) is 0 Å². The predicted molar refractivity (Wildman–Crippen MR) is 61.5 cm³/mol. The number of aromatic nitrogens is 3. The summed E-state index contributed by atoms with van der Waals surface area (Å²) in [6.07, 6.45) is 0.848. The van der Waals surface area contributed by atoms with E-state index in [1.807, 2.05) is 0 Å². The molecule has 1 atom stereocenters. The van der Waals surface area contributed by atoms with Crippen molar-refractivity contribution < 1.29 is 5.11 Å². The number of aliphatic hydroxyl groups excluding tert-OH is 1. The lowest BCUT2D eigenvalue weighted by Gasteiger charge is -2.10. The fraction of sp³-hybridized carbons (Fsp3) is 0.200. The van der Waals surface area contributed by atoms with Crippen molar-refractivity contribution in [2.45, 2.75) is 12.5 Å². The Labute approximate surface area is 102 Å². The molecule has 0 saturated heterocycles. The molecule has 2 N–H and O–H groups in total. The first-order valence-electron chi connectivity index (χ1n) is 4.64. The third kappa shape index (κ3) is 2.35. The first kappa shape index (κ1) is 11.4. The number of rotatable bonds is 3. The summed E-state index contributed by atoms with van der Waals surface area (Å²) in [5.74, 6) is 0.399. The molecule has 0 saturated carbocycles. The highest BCUT2D eigenvalue weighted by atomic mass is 35.5. The van der Waals surface area contributed by atoms with Crippen molar-refractivity contribution in [3.05, 3.63) is 46.0 Å². The minimum absolute atomic E-state index is 0.299. The third-order valence-electron chi connectivity index (χ3n) is 2.21. The molecule has 1 aromatic heterocycles.